The van der Waals surface area contributed by atoms with Gasteiger partial charge in [-0.15, -0.1) is 0 Å². The molecule has 0 bridgehead atoms. The Kier molecular flexibility index (Phi) is 5.72. The van der Waals surface area contributed by atoms with E-state index < -0.39 is 0 Å². The standard InChI is InChI=1S/C46H48/c1-43(2,3)27-17-25-18-28(44(4,5)6)22-36-32-15-16-34-38-24-30(46(10,11)12)20-26-19-29(45(7,8)9)23-37(40(26)38)33-14-13-31(41(32)42(33)34)35(21-27)39(25)36/h13-24H,1-12H3. The lowest BCUT2D eigenvalue weighted by atomic mass is 9.77. The predicted molar refractivity (Wildman–Crippen MR) is 206 cm³/mol. The molecular formula is C46H48. The third-order valence-corrected chi connectivity index (χ3v) is 10.9. The quantitative estimate of drug-likeness (QED) is 0.120. The smallest absolute Gasteiger partial charge is 0.00139 e. The first-order chi connectivity index (χ1) is 21.3. The van der Waals surface area contributed by atoms with Gasteiger partial charge in [0.1, 0.15) is 0 Å². The Morgan fingerprint density at radius 2 is 0.478 bits per heavy atom. The monoisotopic (exact) mass is 600 g/mol. The van der Waals surface area contributed by atoms with Crippen LogP contribution in [-0.4, -0.2) is 0 Å². The summed E-state index contributed by atoms with van der Waals surface area (Å²) in [4.78, 5) is 0. The van der Waals surface area contributed by atoms with Crippen LogP contribution < -0.4 is 0 Å². The van der Waals surface area contributed by atoms with Crippen LogP contribution in [-0.2, 0) is 21.7 Å². The molecular weight excluding hydrogens is 553 g/mol. The van der Waals surface area contributed by atoms with Crippen LogP contribution in [0.15, 0.2) is 72.8 Å². The largest absolute Gasteiger partial charge is 0.0561 e. The third-order valence-electron chi connectivity index (χ3n) is 10.9. The van der Waals surface area contributed by atoms with E-state index in [1.807, 2.05) is 0 Å². The maximum atomic E-state index is 2.50. The summed E-state index contributed by atoms with van der Waals surface area (Å²) in [5.41, 5.74) is 5.80. The van der Waals surface area contributed by atoms with Crippen molar-refractivity contribution in [3.05, 3.63) is 95.1 Å². The Hall–Kier alpha value is -3.90. The molecule has 0 saturated carbocycles. The van der Waals surface area contributed by atoms with E-state index in [0.717, 1.165) is 0 Å². The number of hydrogen-bond acceptors (Lipinski definition) is 0. The van der Waals surface area contributed by atoms with Crippen molar-refractivity contribution in [3.8, 4) is 0 Å². The maximum Gasteiger partial charge on any atom is -0.00139 e. The number of fused-ring (bicyclic) bond motifs is 4. The van der Waals surface area contributed by atoms with E-state index in [4.69, 9.17) is 0 Å². The van der Waals surface area contributed by atoms with Crippen molar-refractivity contribution in [1.82, 2.24) is 0 Å². The van der Waals surface area contributed by atoms with Gasteiger partial charge in [0.25, 0.3) is 0 Å². The highest BCUT2D eigenvalue weighted by Crippen LogP contribution is 2.50. The van der Waals surface area contributed by atoms with Crippen molar-refractivity contribution in [2.45, 2.75) is 105 Å². The summed E-state index contributed by atoms with van der Waals surface area (Å²) in [6.07, 6.45) is 0. The molecule has 0 aliphatic carbocycles. The SMILES string of the molecule is CC(C)(C)c1cc2cc(C(C)(C)C)cc3c4ccc5c6cc(C(C)(C)C)cc7cc(C(C)(C)C)cc(c8ccc(c(c1)c23)c4c85)c76. The lowest BCUT2D eigenvalue weighted by Gasteiger charge is -2.27. The number of benzene rings is 8. The second-order valence-electron chi connectivity index (χ2n) is 18.4. The Labute approximate surface area is 274 Å². The van der Waals surface area contributed by atoms with E-state index in [0.29, 0.717) is 0 Å². The molecule has 0 nitrogen and oxygen atoms in total. The molecule has 0 spiro atoms. The summed E-state index contributed by atoms with van der Waals surface area (Å²) < 4.78 is 0. The van der Waals surface area contributed by atoms with E-state index in [2.05, 4.69) is 156 Å². The number of hydrogen-bond donors (Lipinski definition) is 0. The maximum absolute atomic E-state index is 2.50. The van der Waals surface area contributed by atoms with Crippen molar-refractivity contribution in [2.24, 2.45) is 0 Å². The van der Waals surface area contributed by atoms with Gasteiger partial charge in [-0.2, -0.15) is 0 Å². The molecule has 8 aromatic rings. The van der Waals surface area contributed by atoms with Crippen LogP contribution in [0.1, 0.15) is 105 Å². The van der Waals surface area contributed by atoms with Crippen molar-refractivity contribution < 1.29 is 0 Å². The summed E-state index contributed by atoms with van der Waals surface area (Å²) in [5, 5.41) is 19.4. The summed E-state index contributed by atoms with van der Waals surface area (Å²) >= 11 is 0. The predicted octanol–water partition coefficient (Wildman–Crippen LogP) is 13.8. The van der Waals surface area contributed by atoms with Crippen LogP contribution in [0.2, 0.25) is 0 Å². The molecule has 232 valence electrons. The Balaban J connectivity index is 1.68. The van der Waals surface area contributed by atoms with Gasteiger partial charge in [-0.1, -0.05) is 132 Å². The molecule has 0 N–H and O–H groups in total. The van der Waals surface area contributed by atoms with E-state index >= 15 is 0 Å². The van der Waals surface area contributed by atoms with Crippen LogP contribution in [0.4, 0.5) is 0 Å². The molecule has 0 unspecified atom stereocenters. The molecule has 0 atom stereocenters. The minimum Gasteiger partial charge on any atom is -0.0561 e. The molecule has 8 aromatic carbocycles. The van der Waals surface area contributed by atoms with E-state index in [9.17, 15) is 0 Å². The van der Waals surface area contributed by atoms with Crippen molar-refractivity contribution in [1.29, 1.82) is 0 Å². The highest BCUT2D eigenvalue weighted by molar-refractivity contribution is 6.42. The fraction of sp³-hybridized carbons (Fsp3) is 0.348. The van der Waals surface area contributed by atoms with Crippen LogP contribution >= 0.6 is 0 Å². The molecule has 0 saturated heterocycles. The lowest BCUT2D eigenvalue weighted by molar-refractivity contribution is 0.589. The van der Waals surface area contributed by atoms with E-state index in [1.54, 1.807) is 0 Å². The normalized spacial score (nSPS) is 14.1. The topological polar surface area (TPSA) is 0 Å². The van der Waals surface area contributed by atoms with Crippen molar-refractivity contribution in [2.75, 3.05) is 0 Å². The Morgan fingerprint density at radius 3 is 0.674 bits per heavy atom. The van der Waals surface area contributed by atoms with Gasteiger partial charge in [-0.25, -0.2) is 0 Å². The summed E-state index contributed by atoms with van der Waals surface area (Å²) in [5.74, 6) is 0. The zero-order chi connectivity index (χ0) is 32.9. The highest BCUT2D eigenvalue weighted by Gasteiger charge is 2.26. The zero-order valence-electron chi connectivity index (χ0n) is 29.9. The molecule has 0 radical (unpaired) electrons. The van der Waals surface area contributed by atoms with Crippen LogP contribution in [0.5, 0.6) is 0 Å². The molecule has 0 aliphatic heterocycles. The second-order valence-corrected chi connectivity index (χ2v) is 18.4. The van der Waals surface area contributed by atoms with Gasteiger partial charge in [0, 0.05) is 0 Å². The molecule has 0 aromatic heterocycles. The van der Waals surface area contributed by atoms with Gasteiger partial charge >= 0.3 is 0 Å². The third kappa shape index (κ3) is 4.11. The van der Waals surface area contributed by atoms with E-state index in [-0.39, 0.29) is 21.7 Å². The Morgan fingerprint density at radius 1 is 0.261 bits per heavy atom. The zero-order valence-corrected chi connectivity index (χ0v) is 29.9. The molecule has 0 heteroatoms. The van der Waals surface area contributed by atoms with Gasteiger partial charge in [0.2, 0.25) is 0 Å². The minimum absolute atomic E-state index is 0.0521. The molecule has 0 fully saturated rings. The average Bonchev–Trinajstić information content (AvgIpc) is 2.95. The first kappa shape index (κ1) is 29.5. The van der Waals surface area contributed by atoms with Crippen molar-refractivity contribution in [3.63, 3.8) is 0 Å². The van der Waals surface area contributed by atoms with Crippen LogP contribution in [0.3, 0.4) is 0 Å². The molecule has 8 rings (SSSR count). The first-order valence-electron chi connectivity index (χ1n) is 17.2. The number of rotatable bonds is 0. The summed E-state index contributed by atoms with van der Waals surface area (Å²) in [6.45, 7) is 28.1. The first-order valence-corrected chi connectivity index (χ1v) is 17.2. The van der Waals surface area contributed by atoms with Crippen molar-refractivity contribution >= 4 is 75.4 Å². The molecule has 0 amide bonds. The van der Waals surface area contributed by atoms with Crippen LogP contribution in [0, 0.1) is 0 Å². The van der Waals surface area contributed by atoms with Gasteiger partial charge in [-0.3, -0.25) is 0 Å². The highest BCUT2D eigenvalue weighted by atomic mass is 14.3. The van der Waals surface area contributed by atoms with Crippen LogP contribution in [0.25, 0.3) is 75.4 Å². The van der Waals surface area contributed by atoms with Gasteiger partial charge in [0.05, 0.1) is 0 Å². The summed E-state index contributed by atoms with van der Waals surface area (Å²) in [6, 6.07) is 29.6. The molecule has 0 heterocycles. The van der Waals surface area contributed by atoms with E-state index in [1.165, 1.54) is 97.7 Å². The van der Waals surface area contributed by atoms with Gasteiger partial charge in [-0.05, 0) is 144 Å². The lowest BCUT2D eigenvalue weighted by Crippen LogP contribution is -2.13. The fourth-order valence-electron chi connectivity index (χ4n) is 8.01. The summed E-state index contributed by atoms with van der Waals surface area (Å²) in [7, 11) is 0. The fourth-order valence-corrected chi connectivity index (χ4v) is 8.01. The Bertz CT molecular complexity index is 2180. The molecule has 0 aliphatic rings. The van der Waals surface area contributed by atoms with Gasteiger partial charge in [0.15, 0.2) is 0 Å². The minimum atomic E-state index is 0.0521. The van der Waals surface area contributed by atoms with Gasteiger partial charge < -0.3 is 0 Å². The second kappa shape index (κ2) is 8.92. The average molecular weight is 601 g/mol. The molecule has 46 heavy (non-hydrogen) atoms.